The number of guanidine groups is 1. The minimum atomic E-state index is -3.50. The Balaban J connectivity index is 2.00. The Labute approximate surface area is 161 Å². The predicted octanol–water partition coefficient (Wildman–Crippen LogP) is 0.754. The number of aliphatic imine (C=N–C) groups is 1. The van der Waals surface area contributed by atoms with Crippen LogP contribution in [-0.4, -0.2) is 53.0 Å². The van der Waals surface area contributed by atoms with Crippen molar-refractivity contribution in [2.24, 2.45) is 16.0 Å². The number of benzene rings is 1. The van der Waals surface area contributed by atoms with Gasteiger partial charge >= 0.3 is 0 Å². The third-order valence-electron chi connectivity index (χ3n) is 4.15. The summed E-state index contributed by atoms with van der Waals surface area (Å²) < 4.78 is 33.5. The molecule has 0 saturated carbocycles. The first kappa shape index (κ1) is 21.5. The summed E-state index contributed by atoms with van der Waals surface area (Å²) in [7, 11) is -3.50. The van der Waals surface area contributed by atoms with Gasteiger partial charge in [-0.15, -0.1) is 0 Å². The molecule has 1 aliphatic rings. The molecule has 1 atom stereocenters. The van der Waals surface area contributed by atoms with Crippen molar-refractivity contribution >= 4 is 16.0 Å². The smallest absolute Gasteiger partial charge is 0.210 e. The summed E-state index contributed by atoms with van der Waals surface area (Å²) in [5, 5.41) is 11.1. The number of ether oxygens (including phenoxy) is 2. The molecule has 1 heterocycles. The molecule has 27 heavy (non-hydrogen) atoms. The average Bonchev–Trinajstić information content (AvgIpc) is 3.11. The SMILES string of the molecule is CCNC(=NCc1ccc(C)cc1OCC1CCOC1)NCCS(N)(=O)=O. The van der Waals surface area contributed by atoms with E-state index in [-0.39, 0.29) is 12.3 Å². The van der Waals surface area contributed by atoms with Crippen LogP contribution in [0.4, 0.5) is 0 Å². The molecule has 0 aliphatic carbocycles. The van der Waals surface area contributed by atoms with E-state index in [4.69, 9.17) is 14.6 Å². The lowest BCUT2D eigenvalue weighted by Crippen LogP contribution is -2.40. The number of sulfonamides is 1. The van der Waals surface area contributed by atoms with E-state index in [1.165, 1.54) is 0 Å². The molecule has 9 heteroatoms. The second-order valence-electron chi connectivity index (χ2n) is 6.64. The van der Waals surface area contributed by atoms with Crippen LogP contribution in [0.15, 0.2) is 23.2 Å². The number of hydrogen-bond donors (Lipinski definition) is 3. The molecule has 1 aliphatic heterocycles. The van der Waals surface area contributed by atoms with Crippen molar-refractivity contribution < 1.29 is 17.9 Å². The van der Waals surface area contributed by atoms with Crippen LogP contribution >= 0.6 is 0 Å². The largest absolute Gasteiger partial charge is 0.493 e. The maximum Gasteiger partial charge on any atom is 0.210 e. The summed E-state index contributed by atoms with van der Waals surface area (Å²) in [5.41, 5.74) is 2.10. The van der Waals surface area contributed by atoms with Crippen molar-refractivity contribution in [2.75, 3.05) is 38.7 Å². The zero-order valence-corrected chi connectivity index (χ0v) is 16.8. The fourth-order valence-electron chi connectivity index (χ4n) is 2.67. The molecule has 1 fully saturated rings. The molecule has 4 N–H and O–H groups in total. The number of nitrogens with zero attached hydrogens (tertiary/aromatic N) is 1. The van der Waals surface area contributed by atoms with Crippen molar-refractivity contribution in [1.82, 2.24) is 10.6 Å². The minimum absolute atomic E-state index is 0.153. The number of hydrogen-bond acceptors (Lipinski definition) is 5. The summed E-state index contributed by atoms with van der Waals surface area (Å²) in [6.07, 6.45) is 1.03. The fraction of sp³-hybridized carbons (Fsp3) is 0.611. The van der Waals surface area contributed by atoms with Gasteiger partial charge in [0.25, 0.3) is 0 Å². The zero-order chi connectivity index (χ0) is 19.7. The van der Waals surface area contributed by atoms with Crippen LogP contribution in [0, 0.1) is 12.8 Å². The van der Waals surface area contributed by atoms with Gasteiger partial charge in [-0.05, 0) is 31.9 Å². The second kappa shape index (κ2) is 10.5. The van der Waals surface area contributed by atoms with Crippen molar-refractivity contribution in [3.05, 3.63) is 29.3 Å². The van der Waals surface area contributed by atoms with Crippen molar-refractivity contribution in [2.45, 2.75) is 26.8 Å². The molecule has 1 aromatic rings. The third kappa shape index (κ3) is 8.15. The van der Waals surface area contributed by atoms with Gasteiger partial charge in [-0.25, -0.2) is 18.5 Å². The quantitative estimate of drug-likeness (QED) is 0.418. The van der Waals surface area contributed by atoms with E-state index in [9.17, 15) is 8.42 Å². The van der Waals surface area contributed by atoms with Crippen molar-refractivity contribution in [3.63, 3.8) is 0 Å². The fourth-order valence-corrected chi connectivity index (χ4v) is 3.05. The molecule has 8 nitrogen and oxygen atoms in total. The highest BCUT2D eigenvalue weighted by molar-refractivity contribution is 7.89. The lowest BCUT2D eigenvalue weighted by Gasteiger charge is -2.15. The molecule has 0 amide bonds. The van der Waals surface area contributed by atoms with Crippen molar-refractivity contribution in [3.8, 4) is 5.75 Å². The highest BCUT2D eigenvalue weighted by Gasteiger charge is 2.17. The lowest BCUT2D eigenvalue weighted by molar-refractivity contribution is 0.166. The van der Waals surface area contributed by atoms with E-state index < -0.39 is 10.0 Å². The predicted molar refractivity (Wildman–Crippen MR) is 106 cm³/mol. The average molecular weight is 399 g/mol. The van der Waals surface area contributed by atoms with Gasteiger partial charge in [0.1, 0.15) is 5.75 Å². The maximum atomic E-state index is 11.1. The number of primary sulfonamides is 1. The summed E-state index contributed by atoms with van der Waals surface area (Å²) >= 11 is 0. The summed E-state index contributed by atoms with van der Waals surface area (Å²) in [6.45, 7) is 7.43. The Kier molecular flexibility index (Phi) is 8.33. The third-order valence-corrected chi connectivity index (χ3v) is 4.93. The summed E-state index contributed by atoms with van der Waals surface area (Å²) in [4.78, 5) is 4.53. The van der Waals surface area contributed by atoms with Gasteiger partial charge in [0.05, 0.1) is 25.5 Å². The Hall–Kier alpha value is -1.84. The van der Waals surface area contributed by atoms with Crippen LogP contribution < -0.4 is 20.5 Å². The van der Waals surface area contributed by atoms with Crippen LogP contribution in [0.2, 0.25) is 0 Å². The van der Waals surface area contributed by atoms with Crippen LogP contribution in [0.1, 0.15) is 24.5 Å². The van der Waals surface area contributed by atoms with E-state index in [1.807, 2.05) is 32.0 Å². The molecule has 0 spiro atoms. The molecule has 1 aromatic carbocycles. The second-order valence-corrected chi connectivity index (χ2v) is 8.37. The van der Waals surface area contributed by atoms with Gasteiger partial charge in [0.2, 0.25) is 10.0 Å². The van der Waals surface area contributed by atoms with Gasteiger partial charge in [0.15, 0.2) is 5.96 Å². The van der Waals surface area contributed by atoms with Crippen LogP contribution in [0.25, 0.3) is 0 Å². The van der Waals surface area contributed by atoms with Crippen molar-refractivity contribution in [1.29, 1.82) is 0 Å². The molecule has 152 valence electrons. The van der Waals surface area contributed by atoms with E-state index in [0.29, 0.717) is 31.6 Å². The first-order chi connectivity index (χ1) is 12.9. The molecule has 2 rings (SSSR count). The van der Waals surface area contributed by atoms with Crippen LogP contribution in [-0.2, 0) is 21.3 Å². The lowest BCUT2D eigenvalue weighted by atomic mass is 10.1. The topological polar surface area (TPSA) is 115 Å². The van der Waals surface area contributed by atoms with Gasteiger partial charge < -0.3 is 20.1 Å². The zero-order valence-electron chi connectivity index (χ0n) is 16.0. The summed E-state index contributed by atoms with van der Waals surface area (Å²) in [6, 6.07) is 6.05. The molecular weight excluding hydrogens is 368 g/mol. The first-order valence-electron chi connectivity index (χ1n) is 9.20. The van der Waals surface area contributed by atoms with Crippen LogP contribution in [0.3, 0.4) is 0 Å². The molecule has 1 unspecified atom stereocenters. The number of nitrogens with two attached hydrogens (primary N) is 1. The van der Waals surface area contributed by atoms with Gasteiger partial charge in [-0.2, -0.15) is 0 Å². The Morgan fingerprint density at radius 2 is 2.22 bits per heavy atom. The normalized spacial score (nSPS) is 17.7. The Morgan fingerprint density at radius 3 is 2.89 bits per heavy atom. The van der Waals surface area contributed by atoms with E-state index in [2.05, 4.69) is 15.6 Å². The van der Waals surface area contributed by atoms with E-state index >= 15 is 0 Å². The highest BCUT2D eigenvalue weighted by Crippen LogP contribution is 2.23. The number of aryl methyl sites for hydroxylation is 1. The van der Waals surface area contributed by atoms with Gasteiger partial charge in [-0.1, -0.05) is 12.1 Å². The number of nitrogens with one attached hydrogen (secondary N) is 2. The Bertz CT molecular complexity index is 731. The van der Waals surface area contributed by atoms with Gasteiger partial charge in [0, 0.05) is 31.2 Å². The first-order valence-corrected chi connectivity index (χ1v) is 10.9. The highest BCUT2D eigenvalue weighted by atomic mass is 32.2. The molecular formula is C18H30N4O4S. The molecule has 0 bridgehead atoms. The number of rotatable bonds is 9. The van der Waals surface area contributed by atoms with E-state index in [1.54, 1.807) is 0 Å². The standard InChI is InChI=1S/C18H30N4O4S/c1-3-20-18(21-7-9-27(19,23)24)22-11-16-5-4-14(2)10-17(16)26-13-15-6-8-25-12-15/h4-5,10,15H,3,6-9,11-13H2,1-2H3,(H2,19,23,24)(H2,20,21,22). The molecule has 0 aromatic heterocycles. The molecule has 1 saturated heterocycles. The minimum Gasteiger partial charge on any atom is -0.493 e. The summed E-state index contributed by atoms with van der Waals surface area (Å²) in [5.74, 6) is 1.64. The Morgan fingerprint density at radius 1 is 1.41 bits per heavy atom. The van der Waals surface area contributed by atoms with Crippen LogP contribution in [0.5, 0.6) is 5.75 Å². The molecule has 0 radical (unpaired) electrons. The van der Waals surface area contributed by atoms with E-state index in [0.717, 1.165) is 36.5 Å². The maximum absolute atomic E-state index is 11.1. The van der Waals surface area contributed by atoms with Gasteiger partial charge in [-0.3, -0.25) is 0 Å². The monoisotopic (exact) mass is 398 g/mol.